The fourth-order valence-corrected chi connectivity index (χ4v) is 11.4. The van der Waals surface area contributed by atoms with E-state index in [0.29, 0.717) is 66.5 Å². The molecule has 4 aromatic rings. The number of anilines is 1. The van der Waals surface area contributed by atoms with Gasteiger partial charge in [0.1, 0.15) is 36.2 Å². The van der Waals surface area contributed by atoms with Crippen LogP contribution in [0, 0.1) is 0 Å². The van der Waals surface area contributed by atoms with E-state index in [1.807, 2.05) is 0 Å². The average Bonchev–Trinajstić information content (AvgIpc) is 3.17. The first-order valence-corrected chi connectivity index (χ1v) is 30.3. The maximum absolute atomic E-state index is 13.4. The summed E-state index contributed by atoms with van der Waals surface area (Å²) in [5, 5.41) is 46.2. The van der Waals surface area contributed by atoms with Gasteiger partial charge < -0.3 is 83.6 Å². The zero-order valence-electron chi connectivity index (χ0n) is 46.4. The molecule has 468 valence electrons. The number of aromatic carboxylic acids is 1. The second-order valence-corrected chi connectivity index (χ2v) is 22.8. The highest BCUT2D eigenvalue weighted by Gasteiger charge is 2.40. The Bertz CT molecular complexity index is 3620. The summed E-state index contributed by atoms with van der Waals surface area (Å²) in [5.74, 6) is -2.41. The van der Waals surface area contributed by atoms with Crippen molar-refractivity contribution < 1.29 is 95.6 Å². The van der Waals surface area contributed by atoms with Crippen LogP contribution in [0.4, 0.5) is 5.82 Å². The quantitative estimate of drug-likeness (QED) is 0.0195. The number of ether oxygens (including phenoxy) is 4. The third kappa shape index (κ3) is 17.9. The third-order valence-electron chi connectivity index (χ3n) is 14.0. The Balaban J connectivity index is 0.697. The van der Waals surface area contributed by atoms with Gasteiger partial charge >= 0.3 is 17.3 Å². The molecular weight excluding hydrogens is 1190 g/mol. The molecule has 4 aliphatic rings. The molecule has 2 amide bonds. The van der Waals surface area contributed by atoms with E-state index >= 15 is 0 Å². The zero-order valence-corrected chi connectivity index (χ0v) is 48.2. The highest BCUT2D eigenvalue weighted by Crippen LogP contribution is 2.46. The van der Waals surface area contributed by atoms with E-state index < -0.39 is 114 Å². The van der Waals surface area contributed by atoms with Crippen LogP contribution in [-0.4, -0.2) is 153 Å². The number of aromatic amines is 1. The molecule has 2 aromatic carbocycles. The molecule has 2 aromatic heterocycles. The number of rotatable bonds is 31. The van der Waals surface area contributed by atoms with E-state index in [1.165, 1.54) is 48.7 Å². The predicted octanol–water partition coefficient (Wildman–Crippen LogP) is 0.656. The van der Waals surface area contributed by atoms with Gasteiger partial charge in [0.05, 0.1) is 76.2 Å². The number of ketones is 1. The summed E-state index contributed by atoms with van der Waals surface area (Å²) < 4.78 is 68.4. The molecule has 0 bridgehead atoms. The minimum atomic E-state index is -5.06. The molecular formula is C55H63N7O23P2-2. The van der Waals surface area contributed by atoms with Gasteiger partial charge in [-0.2, -0.15) is 4.98 Å². The number of hydrogen-bond donors (Lipinski definition) is 8. The van der Waals surface area contributed by atoms with Gasteiger partial charge in [-0.05, 0) is 107 Å². The van der Waals surface area contributed by atoms with Crippen LogP contribution >= 0.6 is 15.6 Å². The van der Waals surface area contributed by atoms with Gasteiger partial charge in [0.15, 0.2) is 5.78 Å². The van der Waals surface area contributed by atoms with Crippen LogP contribution in [0.1, 0.15) is 94.0 Å². The number of nitrogens with one attached hydrogen (secondary N) is 3. The highest BCUT2D eigenvalue weighted by atomic mass is 31.2. The van der Waals surface area contributed by atoms with Crippen LogP contribution in [0.25, 0.3) is 11.6 Å². The van der Waals surface area contributed by atoms with Crippen molar-refractivity contribution >= 4 is 56.7 Å². The fourth-order valence-electron chi connectivity index (χ4n) is 9.79. The minimum absolute atomic E-state index is 0.00746. The maximum Gasteiger partial charge on any atom is 0.351 e. The molecule has 9 N–H and O–H groups in total. The van der Waals surface area contributed by atoms with Gasteiger partial charge in [-0.15, -0.1) is 0 Å². The summed E-state index contributed by atoms with van der Waals surface area (Å²) in [7, 11) is -9.92. The Morgan fingerprint density at radius 2 is 1.52 bits per heavy atom. The number of carboxylic acid groups (broad SMARTS) is 1. The van der Waals surface area contributed by atoms with Crippen LogP contribution in [0.3, 0.4) is 0 Å². The summed E-state index contributed by atoms with van der Waals surface area (Å²) in [5.41, 5.74) is 6.49. The predicted molar refractivity (Wildman–Crippen MR) is 300 cm³/mol. The number of unbranched alkanes of at least 4 members (excludes halogenated alkanes) is 3. The number of H-pyrrole nitrogens is 1. The van der Waals surface area contributed by atoms with Crippen molar-refractivity contribution in [3.8, 4) is 5.75 Å². The molecule has 2 aliphatic carbocycles. The highest BCUT2D eigenvalue weighted by molar-refractivity contribution is 7.46. The smallest absolute Gasteiger partial charge is 0.351 e. The number of aromatic nitrogens is 4. The Labute approximate surface area is 494 Å². The lowest BCUT2D eigenvalue weighted by atomic mass is 9.76. The number of fused-ring (bicyclic) bond motifs is 2. The van der Waals surface area contributed by atoms with Gasteiger partial charge in [-0.3, -0.25) is 42.4 Å². The summed E-state index contributed by atoms with van der Waals surface area (Å²) >= 11 is 0. The number of nitrogens with zero attached hydrogens (tertiary/aromatic N) is 3. The molecule has 0 spiro atoms. The SMILES string of the molecule is Nc1ccn([C@H]2CC(O)[C@@H](COP(=O)([O-])OCCOCCOCCOP(=O)([O-])OC3C[C@H](n4cc(/C=C/C(=O)NCCCCCCNC(=O)c5ccc(C(=O)O)c(C6=C7C=CC(=O)C=C7Cc7cc(O)ccc76)c5)c(=O)[nH]c4=O)O[C@@H]3CO)O2)c(=O)n1. The Hall–Kier alpha value is -7.38. The van der Waals surface area contributed by atoms with Gasteiger partial charge in [0.25, 0.3) is 27.1 Å². The molecule has 4 unspecified atom stereocenters. The molecule has 0 saturated carbocycles. The first-order chi connectivity index (χ1) is 41.6. The van der Waals surface area contributed by atoms with E-state index in [2.05, 4.69) is 20.6 Å². The first-order valence-electron chi connectivity index (χ1n) is 27.4. The van der Waals surface area contributed by atoms with Gasteiger partial charge in [-0.25, -0.2) is 14.4 Å². The van der Waals surface area contributed by atoms with Crippen LogP contribution in [0.2, 0.25) is 0 Å². The van der Waals surface area contributed by atoms with Gasteiger partial charge in [0, 0.05) is 50.0 Å². The normalized spacial score (nSPS) is 21.3. The fraction of sp³-hybridized carbons (Fsp3) is 0.418. The lowest BCUT2D eigenvalue weighted by molar-refractivity contribution is -0.233. The molecule has 32 heteroatoms. The van der Waals surface area contributed by atoms with E-state index in [4.69, 9.17) is 42.8 Å². The van der Waals surface area contributed by atoms with Crippen LogP contribution in [-0.2, 0) is 62.2 Å². The van der Waals surface area contributed by atoms with Gasteiger partial charge in [-0.1, -0.05) is 25.0 Å². The van der Waals surface area contributed by atoms with E-state index in [9.17, 15) is 72.9 Å². The number of aromatic hydroxyl groups is 1. The number of carbonyl (C=O) groups is 4. The van der Waals surface area contributed by atoms with Gasteiger partial charge in [0.2, 0.25) is 5.91 Å². The van der Waals surface area contributed by atoms with E-state index in [1.54, 1.807) is 18.2 Å². The Morgan fingerprint density at radius 1 is 0.828 bits per heavy atom. The molecule has 0 radical (unpaired) electrons. The second-order valence-electron chi connectivity index (χ2n) is 20.1. The zero-order chi connectivity index (χ0) is 62.4. The largest absolute Gasteiger partial charge is 0.756 e. The molecule has 87 heavy (non-hydrogen) atoms. The van der Waals surface area contributed by atoms with Crippen LogP contribution in [0.15, 0.2) is 105 Å². The lowest BCUT2D eigenvalue weighted by Crippen LogP contribution is -2.33. The lowest BCUT2D eigenvalue weighted by Gasteiger charge is -2.27. The number of amides is 2. The Kier molecular flexibility index (Phi) is 22.6. The molecule has 2 saturated heterocycles. The summed E-state index contributed by atoms with van der Waals surface area (Å²) in [6.45, 7) is -2.33. The summed E-state index contributed by atoms with van der Waals surface area (Å²) in [6.07, 6.45) is 4.66. The molecule has 8 atom stereocenters. The number of hydrogen-bond acceptors (Lipinski definition) is 24. The van der Waals surface area contributed by atoms with Crippen LogP contribution < -0.4 is 43.1 Å². The summed E-state index contributed by atoms with van der Waals surface area (Å²) in [6, 6.07) is 10.4. The van der Waals surface area contributed by atoms with Crippen molar-refractivity contribution in [1.29, 1.82) is 0 Å². The van der Waals surface area contributed by atoms with Crippen molar-refractivity contribution in [2.75, 3.05) is 71.7 Å². The topological polar surface area (TPSA) is 443 Å². The molecule has 30 nitrogen and oxygen atoms in total. The number of carboxylic acids is 1. The number of phosphoric ester groups is 2. The maximum atomic E-state index is 13.4. The number of nitrogens with two attached hydrogens (primary N) is 1. The van der Waals surface area contributed by atoms with E-state index in [-0.39, 0.29) is 85.4 Å². The molecule has 2 fully saturated rings. The number of benzene rings is 2. The number of nitrogen functional groups attached to an aromatic ring is 1. The number of phenols is 1. The number of phenolic OH excluding ortho intramolecular Hbond substituents is 1. The van der Waals surface area contributed by atoms with Crippen molar-refractivity contribution in [3.05, 3.63) is 155 Å². The van der Waals surface area contributed by atoms with E-state index in [0.717, 1.165) is 27.5 Å². The second kappa shape index (κ2) is 30.0. The van der Waals surface area contributed by atoms with Crippen LogP contribution in [0.5, 0.6) is 5.75 Å². The van der Waals surface area contributed by atoms with Crippen molar-refractivity contribution in [1.82, 2.24) is 29.7 Å². The number of allylic oxidation sites excluding steroid dienone is 5. The van der Waals surface area contributed by atoms with Crippen molar-refractivity contribution in [2.45, 2.75) is 81.8 Å². The minimum Gasteiger partial charge on any atom is -0.756 e. The number of phosphoric acid groups is 2. The average molecular weight is 1250 g/mol. The molecule has 2 aliphatic heterocycles. The number of aliphatic hydroxyl groups is 2. The van der Waals surface area contributed by atoms with Crippen molar-refractivity contribution in [3.63, 3.8) is 0 Å². The van der Waals surface area contributed by atoms with Crippen molar-refractivity contribution in [2.24, 2.45) is 0 Å². The summed E-state index contributed by atoms with van der Waals surface area (Å²) in [4.78, 5) is 119. The Morgan fingerprint density at radius 3 is 2.23 bits per heavy atom. The third-order valence-corrected chi connectivity index (χ3v) is 16.0. The standard InChI is InChI=1S/C55H65N7O23P2/c56-46-13-16-61(54(72)59-46)48-27-42(66)45(84-48)31-82-86(74,75)80-21-19-78-17-18-79-20-22-81-87(76,77)85-43-28-49(83-44(43)30-63)62-29-33(52(69)60-55(62)73)6-12-47(67)57-14-3-1-2-4-15-58-51(68)32-5-9-40(53(70)71)41(26-32)50-38-10-7-36(64)24-34(38)23-35-25-37(65)8-11-39(35)50/h5-13,16,24-26,29,42-45,48-49,63-64,66H,1-4,14-15,17-23,27-28,30-31H2,(H,57,67)(H,58,68)(H,70,71)(H,74,75)(H,76,77)(H2,56,59,72)(H,60,69,73)/p-2/b12-6+/t42?,43?,44-,45-,48-,49-/m1/s1. The first kappa shape index (κ1) is 65.6. The monoisotopic (exact) mass is 1250 g/mol. The number of carbonyl (C=O) groups excluding carboxylic acids is 3. The number of aliphatic hydroxyl groups excluding tert-OH is 2. The molecule has 8 rings (SSSR count). The molecule has 4 heterocycles.